The van der Waals surface area contributed by atoms with Gasteiger partial charge in [-0.15, -0.1) is 0 Å². The summed E-state index contributed by atoms with van der Waals surface area (Å²) in [7, 11) is -2.40. The second-order valence-electron chi connectivity index (χ2n) is 4.36. The number of sulfonamides is 1. The van der Waals surface area contributed by atoms with Crippen molar-refractivity contribution >= 4 is 16.0 Å². The number of pyridine rings is 1. The van der Waals surface area contributed by atoms with Crippen molar-refractivity contribution in [3.63, 3.8) is 0 Å². The topological polar surface area (TPSA) is 100 Å². The van der Waals surface area contributed by atoms with Crippen molar-refractivity contribution in [3.05, 3.63) is 24.0 Å². The lowest BCUT2D eigenvalue weighted by atomic mass is 10.1. The Labute approximate surface area is 116 Å². The quantitative estimate of drug-likeness (QED) is 0.735. The lowest BCUT2D eigenvalue weighted by molar-refractivity contribution is -0.144. The lowest BCUT2D eigenvalue weighted by Crippen LogP contribution is -2.30. The van der Waals surface area contributed by atoms with E-state index in [1.807, 2.05) is 6.07 Å². The minimum absolute atomic E-state index is 0.0158. The third-order valence-corrected chi connectivity index (χ3v) is 5.02. The summed E-state index contributed by atoms with van der Waals surface area (Å²) >= 11 is 0. The van der Waals surface area contributed by atoms with E-state index in [1.54, 1.807) is 0 Å². The molecular formula is C12H13N3O4S. The number of carbonyl (C=O) groups is 1. The van der Waals surface area contributed by atoms with Crippen LogP contribution in [0.4, 0.5) is 0 Å². The van der Waals surface area contributed by atoms with E-state index in [0.29, 0.717) is 6.42 Å². The Bertz CT molecular complexity index is 648. The van der Waals surface area contributed by atoms with Crippen molar-refractivity contribution in [1.82, 2.24) is 9.29 Å². The van der Waals surface area contributed by atoms with Gasteiger partial charge in [-0.3, -0.25) is 4.79 Å². The van der Waals surface area contributed by atoms with Gasteiger partial charge in [-0.2, -0.15) is 9.57 Å². The van der Waals surface area contributed by atoms with Crippen LogP contribution in [0.25, 0.3) is 0 Å². The zero-order valence-electron chi connectivity index (χ0n) is 10.8. The number of hydrogen-bond donors (Lipinski definition) is 0. The third kappa shape index (κ3) is 2.64. The first-order valence-electron chi connectivity index (χ1n) is 5.93. The molecule has 7 nitrogen and oxygen atoms in total. The summed E-state index contributed by atoms with van der Waals surface area (Å²) in [5.41, 5.74) is 0.151. The molecule has 20 heavy (non-hydrogen) atoms. The van der Waals surface area contributed by atoms with Gasteiger partial charge in [0.15, 0.2) is 0 Å². The van der Waals surface area contributed by atoms with Gasteiger partial charge in [-0.1, -0.05) is 0 Å². The van der Waals surface area contributed by atoms with Crippen molar-refractivity contribution < 1.29 is 17.9 Å². The van der Waals surface area contributed by atoms with E-state index in [1.165, 1.54) is 23.5 Å². The molecule has 1 fully saturated rings. The first-order valence-corrected chi connectivity index (χ1v) is 7.37. The standard InChI is InChI=1S/C12H13N3O4S/c1-19-12(16)9-4-5-15(8-9)20(17,18)11-3-2-10(6-13)14-7-11/h2-3,7,9H,4-5,8H2,1H3. The maximum Gasteiger partial charge on any atom is 0.310 e. The molecule has 2 rings (SSSR count). The molecule has 0 aliphatic carbocycles. The van der Waals surface area contributed by atoms with Gasteiger partial charge in [-0.05, 0) is 18.6 Å². The fraction of sp³-hybridized carbons (Fsp3) is 0.417. The highest BCUT2D eigenvalue weighted by atomic mass is 32.2. The van der Waals surface area contributed by atoms with Gasteiger partial charge >= 0.3 is 5.97 Å². The van der Waals surface area contributed by atoms with Gasteiger partial charge in [0.25, 0.3) is 0 Å². The highest BCUT2D eigenvalue weighted by Gasteiger charge is 2.36. The maximum absolute atomic E-state index is 12.3. The van der Waals surface area contributed by atoms with E-state index in [9.17, 15) is 13.2 Å². The van der Waals surface area contributed by atoms with E-state index in [-0.39, 0.29) is 23.7 Å². The summed E-state index contributed by atoms with van der Waals surface area (Å²) < 4.78 is 30.5. The van der Waals surface area contributed by atoms with Crippen LogP contribution in [0.1, 0.15) is 12.1 Å². The Hall–Kier alpha value is -1.98. The molecule has 0 radical (unpaired) electrons. The molecule has 1 saturated heterocycles. The molecular weight excluding hydrogens is 282 g/mol. The Kier molecular flexibility index (Phi) is 4.01. The number of carbonyl (C=O) groups excluding carboxylic acids is 1. The Balaban J connectivity index is 2.19. The number of ether oxygens (including phenoxy) is 1. The van der Waals surface area contributed by atoms with Crippen LogP contribution in [0.15, 0.2) is 23.2 Å². The molecule has 106 valence electrons. The number of nitriles is 1. The molecule has 1 atom stereocenters. The zero-order chi connectivity index (χ0) is 14.8. The summed E-state index contributed by atoms with van der Waals surface area (Å²) in [5, 5.41) is 8.64. The minimum Gasteiger partial charge on any atom is -0.469 e. The van der Waals surface area contributed by atoms with E-state index in [4.69, 9.17) is 5.26 Å². The molecule has 1 aliphatic rings. The fourth-order valence-electron chi connectivity index (χ4n) is 2.05. The van der Waals surface area contributed by atoms with Crippen LogP contribution in [0.2, 0.25) is 0 Å². The van der Waals surface area contributed by atoms with Gasteiger partial charge in [0.2, 0.25) is 10.0 Å². The van der Waals surface area contributed by atoms with Crippen molar-refractivity contribution in [1.29, 1.82) is 5.26 Å². The Morgan fingerprint density at radius 3 is 2.85 bits per heavy atom. The highest BCUT2D eigenvalue weighted by Crippen LogP contribution is 2.24. The first-order chi connectivity index (χ1) is 9.48. The highest BCUT2D eigenvalue weighted by molar-refractivity contribution is 7.89. The fourth-order valence-corrected chi connectivity index (χ4v) is 3.50. The molecule has 0 saturated carbocycles. The summed E-state index contributed by atoms with van der Waals surface area (Å²) in [6.07, 6.45) is 1.59. The normalized spacial score (nSPS) is 19.5. The summed E-state index contributed by atoms with van der Waals surface area (Å²) in [5.74, 6) is -0.832. The van der Waals surface area contributed by atoms with Crippen LogP contribution in [0.3, 0.4) is 0 Å². The SMILES string of the molecule is COC(=O)C1CCN(S(=O)(=O)c2ccc(C#N)nc2)C1. The van der Waals surface area contributed by atoms with Crippen LogP contribution in [-0.2, 0) is 19.6 Å². The third-order valence-electron chi connectivity index (χ3n) is 3.17. The number of aromatic nitrogens is 1. The molecule has 8 heteroatoms. The van der Waals surface area contributed by atoms with Crippen LogP contribution in [0.5, 0.6) is 0 Å². The number of rotatable bonds is 3. The van der Waals surface area contributed by atoms with E-state index in [2.05, 4.69) is 9.72 Å². The predicted octanol–water partition coefficient (Wildman–Crippen LogP) is 0.137. The minimum atomic E-state index is -3.68. The monoisotopic (exact) mass is 295 g/mol. The summed E-state index contributed by atoms with van der Waals surface area (Å²) in [6, 6.07) is 4.51. The second kappa shape index (κ2) is 5.56. The molecule has 2 heterocycles. The lowest BCUT2D eigenvalue weighted by Gasteiger charge is -2.15. The molecule has 1 aromatic heterocycles. The van der Waals surface area contributed by atoms with E-state index in [0.717, 1.165) is 6.20 Å². The zero-order valence-corrected chi connectivity index (χ0v) is 11.6. The maximum atomic E-state index is 12.3. The molecule has 0 aromatic carbocycles. The predicted molar refractivity (Wildman–Crippen MR) is 67.8 cm³/mol. The first kappa shape index (κ1) is 14.4. The smallest absolute Gasteiger partial charge is 0.310 e. The number of esters is 1. The largest absolute Gasteiger partial charge is 0.469 e. The van der Waals surface area contributed by atoms with Gasteiger partial charge in [0.1, 0.15) is 16.7 Å². The molecule has 0 bridgehead atoms. The van der Waals surface area contributed by atoms with Crippen molar-refractivity contribution in [2.75, 3.05) is 20.2 Å². The van der Waals surface area contributed by atoms with E-state index >= 15 is 0 Å². The summed E-state index contributed by atoms with van der Waals surface area (Å²) in [4.78, 5) is 15.2. The van der Waals surface area contributed by atoms with Gasteiger partial charge < -0.3 is 4.74 Å². The van der Waals surface area contributed by atoms with Crippen molar-refractivity contribution in [3.8, 4) is 6.07 Å². The molecule has 0 amide bonds. The van der Waals surface area contributed by atoms with Crippen molar-refractivity contribution in [2.45, 2.75) is 11.3 Å². The van der Waals surface area contributed by atoms with Crippen LogP contribution in [-0.4, -0.2) is 43.9 Å². The van der Waals surface area contributed by atoms with Gasteiger partial charge in [0.05, 0.1) is 13.0 Å². The summed E-state index contributed by atoms with van der Waals surface area (Å²) in [6.45, 7) is 0.372. The second-order valence-corrected chi connectivity index (χ2v) is 6.30. The molecule has 0 spiro atoms. The number of hydrogen-bond acceptors (Lipinski definition) is 6. The van der Waals surface area contributed by atoms with Crippen molar-refractivity contribution in [2.24, 2.45) is 5.92 Å². The van der Waals surface area contributed by atoms with Crippen LogP contribution >= 0.6 is 0 Å². The molecule has 1 unspecified atom stereocenters. The van der Waals surface area contributed by atoms with Crippen LogP contribution in [0, 0.1) is 17.2 Å². The molecule has 0 N–H and O–H groups in total. The number of methoxy groups -OCH3 is 1. The average Bonchev–Trinajstić information content (AvgIpc) is 2.97. The molecule has 1 aliphatic heterocycles. The van der Waals surface area contributed by atoms with E-state index < -0.39 is 21.9 Å². The van der Waals surface area contributed by atoms with Gasteiger partial charge in [0, 0.05) is 19.3 Å². The number of nitrogens with zero attached hydrogens (tertiary/aromatic N) is 3. The van der Waals surface area contributed by atoms with Gasteiger partial charge in [-0.25, -0.2) is 13.4 Å². The Morgan fingerprint density at radius 1 is 1.55 bits per heavy atom. The average molecular weight is 295 g/mol. The Morgan fingerprint density at radius 2 is 2.30 bits per heavy atom. The molecule has 1 aromatic rings. The van der Waals surface area contributed by atoms with Crippen LogP contribution < -0.4 is 0 Å².